The van der Waals surface area contributed by atoms with Crippen molar-refractivity contribution < 1.29 is 14.0 Å². The molecule has 12 aromatic rings. The molecule has 1 fully saturated rings. The molecular weight excluding hydrogens is 852 g/mol. The van der Waals surface area contributed by atoms with E-state index in [0.29, 0.717) is 6.61 Å². The van der Waals surface area contributed by atoms with E-state index in [1.165, 1.54) is 43.4 Å². The van der Waals surface area contributed by atoms with Crippen molar-refractivity contribution in [2.24, 2.45) is 0 Å². The molecule has 1 aliphatic heterocycles. The molecule has 0 saturated carbocycles. The van der Waals surface area contributed by atoms with Crippen LogP contribution in [-0.4, -0.2) is 13.7 Å². The lowest BCUT2D eigenvalue weighted by molar-refractivity contribution is 0.159. The molecule has 12 aromatic carbocycles. The molecule has 0 aliphatic carbocycles. The summed E-state index contributed by atoms with van der Waals surface area (Å²) in [6.07, 6.45) is -0.631. The second-order valence-corrected chi connectivity index (χ2v) is 18.4. The number of benzene rings is 12. The summed E-state index contributed by atoms with van der Waals surface area (Å²) in [5.74, 6) is 0.883. The zero-order chi connectivity index (χ0) is 46.5. The van der Waals surface area contributed by atoms with Gasteiger partial charge in [0.25, 0.3) is 0 Å². The minimum atomic E-state index is -0.657. The lowest BCUT2D eigenvalue weighted by Gasteiger charge is -2.22. The first-order valence-electron chi connectivity index (χ1n) is 24.3. The van der Waals surface area contributed by atoms with Crippen molar-refractivity contribution in [3.05, 3.63) is 254 Å². The van der Waals surface area contributed by atoms with Gasteiger partial charge in [-0.25, -0.2) is 0 Å². The molecule has 0 spiro atoms. The van der Waals surface area contributed by atoms with Crippen molar-refractivity contribution in [2.75, 3.05) is 6.61 Å². The van der Waals surface area contributed by atoms with E-state index in [-0.39, 0.29) is 12.2 Å². The van der Waals surface area contributed by atoms with Crippen LogP contribution in [0.2, 0.25) is 0 Å². The summed E-state index contributed by atoms with van der Waals surface area (Å²) in [4.78, 5) is 0. The molecule has 3 nitrogen and oxygen atoms in total. The third-order valence-electron chi connectivity index (χ3n) is 14.2. The van der Waals surface area contributed by atoms with Gasteiger partial charge < -0.3 is 14.0 Å². The maximum atomic E-state index is 7.22. The highest BCUT2D eigenvalue weighted by molar-refractivity contribution is 6.64. The number of hydrogen-bond acceptors (Lipinski definition) is 3. The zero-order valence-corrected chi connectivity index (χ0v) is 38.8. The van der Waals surface area contributed by atoms with Gasteiger partial charge in [-0.15, -0.1) is 0 Å². The van der Waals surface area contributed by atoms with Crippen LogP contribution in [0.1, 0.15) is 30.3 Å². The topological polar surface area (TPSA) is 27.7 Å². The summed E-state index contributed by atoms with van der Waals surface area (Å²) < 4.78 is 20.3. The fraction of sp³-hybridized carbons (Fsp3) is 0.0606. The third kappa shape index (κ3) is 7.59. The van der Waals surface area contributed by atoms with Crippen molar-refractivity contribution in [3.8, 4) is 50.3 Å². The van der Waals surface area contributed by atoms with Crippen LogP contribution in [0.3, 0.4) is 0 Å². The molecule has 70 heavy (non-hydrogen) atoms. The van der Waals surface area contributed by atoms with Gasteiger partial charge in [0.2, 0.25) is 0 Å². The minimum Gasteiger partial charge on any atom is -0.494 e. The van der Waals surface area contributed by atoms with E-state index < -0.39 is 7.12 Å². The maximum Gasteiger partial charge on any atom is 0.495 e. The Bertz CT molecular complexity index is 3890. The lowest BCUT2D eigenvalue weighted by atomic mass is 9.72. The molecule has 0 aromatic heterocycles. The van der Waals surface area contributed by atoms with Crippen molar-refractivity contribution in [2.45, 2.75) is 19.1 Å². The Kier molecular flexibility index (Phi) is 10.6. The Morgan fingerprint density at radius 1 is 0.329 bits per heavy atom. The molecule has 1 heterocycles. The molecule has 332 valence electrons. The predicted molar refractivity (Wildman–Crippen MR) is 293 cm³/mol. The molecule has 0 N–H and O–H groups in total. The van der Waals surface area contributed by atoms with Gasteiger partial charge in [0.1, 0.15) is 5.75 Å². The van der Waals surface area contributed by atoms with Gasteiger partial charge in [0.05, 0.1) is 18.8 Å². The Morgan fingerprint density at radius 2 is 0.671 bits per heavy atom. The van der Waals surface area contributed by atoms with Gasteiger partial charge in [0, 0.05) is 0 Å². The standard InChI is InChI=1S/C66H47BO3/c1-2-68-56-32-31-53-33-55(30-29-54(53)34-56)57-35-45-21-9-10-22-46(45)36-58(57)59-37-47-23-11-12-24-48(47)38-60(59)61-39-49-25-13-14-26-50(49)40-62(61)63-41-51-27-15-16-28-52(51)42-64(63)67-69-65(43-17-5-3-6-18-43)66(70-67)44-19-7-4-8-20-44/h3-42,65-66H,2H2,1H3/t65-,66-/m1/s1. The molecule has 4 heteroatoms. The first-order chi connectivity index (χ1) is 34.6. The second kappa shape index (κ2) is 17.7. The molecule has 1 aliphatic rings. The Balaban J connectivity index is 1.07. The van der Waals surface area contributed by atoms with Crippen molar-refractivity contribution >= 4 is 66.4 Å². The van der Waals surface area contributed by atoms with Crippen LogP contribution < -0.4 is 10.2 Å². The van der Waals surface area contributed by atoms with Gasteiger partial charge >= 0.3 is 7.12 Å². The monoisotopic (exact) mass is 898 g/mol. The first-order valence-corrected chi connectivity index (χ1v) is 24.3. The molecule has 13 rings (SSSR count). The van der Waals surface area contributed by atoms with E-state index in [2.05, 4.69) is 243 Å². The fourth-order valence-electron chi connectivity index (χ4n) is 10.8. The Morgan fingerprint density at radius 3 is 1.13 bits per heavy atom. The van der Waals surface area contributed by atoms with Crippen LogP contribution in [-0.2, 0) is 9.31 Å². The summed E-state index contributed by atoms with van der Waals surface area (Å²) in [5, 5.41) is 11.7. The van der Waals surface area contributed by atoms with Crippen molar-refractivity contribution in [1.29, 1.82) is 0 Å². The van der Waals surface area contributed by atoms with Crippen LogP contribution in [0, 0.1) is 0 Å². The first kappa shape index (κ1) is 41.9. The highest BCUT2D eigenvalue weighted by atomic mass is 16.7. The molecule has 0 radical (unpaired) electrons. The normalized spacial score (nSPS) is 14.8. The maximum absolute atomic E-state index is 7.22. The highest BCUT2D eigenvalue weighted by Gasteiger charge is 2.43. The van der Waals surface area contributed by atoms with Gasteiger partial charge in [0.15, 0.2) is 0 Å². The number of hydrogen-bond donors (Lipinski definition) is 0. The Labute approximate surface area is 408 Å². The average molecular weight is 899 g/mol. The van der Waals surface area contributed by atoms with Crippen LogP contribution in [0.15, 0.2) is 243 Å². The van der Waals surface area contributed by atoms with E-state index >= 15 is 0 Å². The number of rotatable bonds is 9. The summed E-state index contributed by atoms with van der Waals surface area (Å²) in [7, 11) is -0.657. The van der Waals surface area contributed by atoms with Gasteiger partial charge in [-0.3, -0.25) is 0 Å². The van der Waals surface area contributed by atoms with Crippen LogP contribution in [0.4, 0.5) is 0 Å². The third-order valence-corrected chi connectivity index (χ3v) is 14.2. The van der Waals surface area contributed by atoms with Crippen LogP contribution >= 0.6 is 0 Å². The molecular formula is C66H47BO3. The van der Waals surface area contributed by atoms with E-state index in [9.17, 15) is 0 Å². The Hall–Kier alpha value is -8.28. The minimum absolute atomic E-state index is 0.316. The summed E-state index contributed by atoms with van der Waals surface area (Å²) in [6.45, 7) is 2.66. The van der Waals surface area contributed by atoms with Crippen molar-refractivity contribution in [3.63, 3.8) is 0 Å². The quantitative estimate of drug-likeness (QED) is 0.135. The molecule has 2 atom stereocenters. The predicted octanol–water partition coefficient (Wildman–Crippen LogP) is 16.7. The van der Waals surface area contributed by atoms with E-state index in [1.807, 2.05) is 6.92 Å². The smallest absolute Gasteiger partial charge is 0.494 e. The van der Waals surface area contributed by atoms with E-state index in [4.69, 9.17) is 14.0 Å². The van der Waals surface area contributed by atoms with Crippen LogP contribution in [0.25, 0.3) is 98.4 Å². The van der Waals surface area contributed by atoms with E-state index in [0.717, 1.165) is 77.3 Å². The van der Waals surface area contributed by atoms with Crippen LogP contribution in [0.5, 0.6) is 5.75 Å². The van der Waals surface area contributed by atoms with Gasteiger partial charge in [-0.2, -0.15) is 0 Å². The zero-order valence-electron chi connectivity index (χ0n) is 38.8. The lowest BCUT2D eigenvalue weighted by Crippen LogP contribution is -2.33. The average Bonchev–Trinajstić information content (AvgIpc) is 3.88. The highest BCUT2D eigenvalue weighted by Crippen LogP contribution is 2.48. The largest absolute Gasteiger partial charge is 0.495 e. The molecule has 0 unspecified atom stereocenters. The van der Waals surface area contributed by atoms with E-state index in [1.54, 1.807) is 0 Å². The number of ether oxygens (including phenoxy) is 1. The van der Waals surface area contributed by atoms with Gasteiger partial charge in [-0.05, 0) is 183 Å². The van der Waals surface area contributed by atoms with Gasteiger partial charge in [-0.1, -0.05) is 182 Å². The molecule has 0 bridgehead atoms. The SMILES string of the molecule is CCOc1ccc2cc(-c3cc4ccccc4cc3-c3cc4ccccc4cc3-c3cc4ccccc4cc3-c3cc4ccccc4cc3B3O[C@H](c4ccccc4)[C@@H](c4ccccc4)O3)ccc2c1. The second-order valence-electron chi connectivity index (χ2n) is 18.4. The fourth-order valence-corrected chi connectivity index (χ4v) is 10.8. The summed E-state index contributed by atoms with van der Waals surface area (Å²) >= 11 is 0. The number of fused-ring (bicyclic) bond motifs is 5. The summed E-state index contributed by atoms with van der Waals surface area (Å²) in [5.41, 5.74) is 12.3. The molecule has 0 amide bonds. The summed E-state index contributed by atoms with van der Waals surface area (Å²) in [6, 6.07) is 88.1. The molecule has 1 saturated heterocycles. The van der Waals surface area contributed by atoms with Crippen molar-refractivity contribution in [1.82, 2.24) is 0 Å².